The molecule has 0 aromatic heterocycles. The van der Waals surface area contributed by atoms with Crippen LogP contribution in [0.15, 0.2) is 18.2 Å². The van der Waals surface area contributed by atoms with Gasteiger partial charge in [0.05, 0.1) is 6.61 Å². The average Bonchev–Trinajstić information content (AvgIpc) is 2.27. The zero-order chi connectivity index (χ0) is 12.7. The van der Waals surface area contributed by atoms with Crippen molar-refractivity contribution in [3.05, 3.63) is 28.8 Å². The van der Waals surface area contributed by atoms with Gasteiger partial charge in [-0.15, -0.1) is 0 Å². The Kier molecular flexibility index (Phi) is 6.38. The molecule has 96 valence electrons. The SMILES string of the molecule is CCCOc1ccc(Cl)cc1CNCC(C)C. The topological polar surface area (TPSA) is 21.3 Å². The molecule has 1 N–H and O–H groups in total. The van der Waals surface area contributed by atoms with Crippen LogP contribution in [0.25, 0.3) is 0 Å². The number of benzene rings is 1. The third-order valence-electron chi connectivity index (χ3n) is 2.35. The Morgan fingerprint density at radius 2 is 2.12 bits per heavy atom. The van der Waals surface area contributed by atoms with Crippen LogP contribution in [-0.2, 0) is 6.54 Å². The molecule has 0 radical (unpaired) electrons. The van der Waals surface area contributed by atoms with Crippen LogP contribution >= 0.6 is 11.6 Å². The molecule has 1 aromatic carbocycles. The molecule has 1 aromatic rings. The van der Waals surface area contributed by atoms with Crippen molar-refractivity contribution in [2.75, 3.05) is 13.2 Å². The van der Waals surface area contributed by atoms with Crippen molar-refractivity contribution in [2.45, 2.75) is 33.7 Å². The van der Waals surface area contributed by atoms with E-state index >= 15 is 0 Å². The Bertz CT molecular complexity index is 339. The molecular formula is C14H22ClNO. The maximum Gasteiger partial charge on any atom is 0.123 e. The molecule has 0 heterocycles. The predicted molar refractivity (Wildman–Crippen MR) is 73.8 cm³/mol. The monoisotopic (exact) mass is 255 g/mol. The van der Waals surface area contributed by atoms with E-state index < -0.39 is 0 Å². The second-order valence-corrected chi connectivity index (χ2v) is 5.06. The molecule has 2 nitrogen and oxygen atoms in total. The molecule has 3 heteroatoms. The number of rotatable bonds is 7. The largest absolute Gasteiger partial charge is 0.493 e. The highest BCUT2D eigenvalue weighted by Crippen LogP contribution is 2.23. The van der Waals surface area contributed by atoms with E-state index in [2.05, 4.69) is 26.1 Å². The Labute approximate surface area is 109 Å². The van der Waals surface area contributed by atoms with Crippen molar-refractivity contribution in [2.24, 2.45) is 5.92 Å². The molecule has 0 aliphatic rings. The lowest BCUT2D eigenvalue weighted by atomic mass is 10.2. The maximum absolute atomic E-state index is 6.01. The molecule has 0 amide bonds. The number of halogens is 1. The van der Waals surface area contributed by atoms with Gasteiger partial charge in [0, 0.05) is 17.1 Å². The molecule has 0 saturated carbocycles. The lowest BCUT2D eigenvalue weighted by Gasteiger charge is -2.13. The normalized spacial score (nSPS) is 10.9. The molecule has 0 bridgehead atoms. The number of nitrogens with one attached hydrogen (secondary N) is 1. The van der Waals surface area contributed by atoms with Gasteiger partial charge in [-0.05, 0) is 37.1 Å². The van der Waals surface area contributed by atoms with E-state index in [4.69, 9.17) is 16.3 Å². The van der Waals surface area contributed by atoms with Crippen LogP contribution < -0.4 is 10.1 Å². The molecule has 0 aliphatic carbocycles. The van der Waals surface area contributed by atoms with Gasteiger partial charge >= 0.3 is 0 Å². The first-order valence-electron chi connectivity index (χ1n) is 6.25. The van der Waals surface area contributed by atoms with E-state index in [0.717, 1.165) is 42.5 Å². The van der Waals surface area contributed by atoms with Gasteiger partial charge in [0.2, 0.25) is 0 Å². The average molecular weight is 256 g/mol. The van der Waals surface area contributed by atoms with Crippen LogP contribution in [0.4, 0.5) is 0 Å². The second-order valence-electron chi connectivity index (χ2n) is 4.63. The van der Waals surface area contributed by atoms with Crippen LogP contribution in [0.2, 0.25) is 5.02 Å². The van der Waals surface area contributed by atoms with Crippen molar-refractivity contribution < 1.29 is 4.74 Å². The fourth-order valence-corrected chi connectivity index (χ4v) is 1.73. The Hall–Kier alpha value is -0.730. The van der Waals surface area contributed by atoms with Gasteiger partial charge in [-0.25, -0.2) is 0 Å². The second kappa shape index (κ2) is 7.57. The standard InChI is InChI=1S/C14H22ClNO/c1-4-7-17-14-6-5-13(15)8-12(14)10-16-9-11(2)3/h5-6,8,11,16H,4,7,9-10H2,1-3H3. The summed E-state index contributed by atoms with van der Waals surface area (Å²) in [5.74, 6) is 1.58. The maximum atomic E-state index is 6.01. The number of hydrogen-bond donors (Lipinski definition) is 1. The molecule has 0 atom stereocenters. The zero-order valence-electron chi connectivity index (χ0n) is 10.9. The Morgan fingerprint density at radius 1 is 1.35 bits per heavy atom. The summed E-state index contributed by atoms with van der Waals surface area (Å²) in [5.41, 5.74) is 1.13. The van der Waals surface area contributed by atoms with Crippen molar-refractivity contribution in [1.29, 1.82) is 0 Å². The first kappa shape index (κ1) is 14.3. The molecule has 0 aliphatic heterocycles. The Balaban J connectivity index is 2.62. The van der Waals surface area contributed by atoms with E-state index in [0.29, 0.717) is 5.92 Å². The van der Waals surface area contributed by atoms with Gasteiger partial charge in [0.15, 0.2) is 0 Å². The summed E-state index contributed by atoms with van der Waals surface area (Å²) < 4.78 is 5.70. The van der Waals surface area contributed by atoms with Gasteiger partial charge in [0.25, 0.3) is 0 Å². The molecule has 0 fully saturated rings. The van der Waals surface area contributed by atoms with E-state index in [-0.39, 0.29) is 0 Å². The summed E-state index contributed by atoms with van der Waals surface area (Å²) in [4.78, 5) is 0. The molecule has 0 spiro atoms. The van der Waals surface area contributed by atoms with Crippen LogP contribution in [-0.4, -0.2) is 13.2 Å². The van der Waals surface area contributed by atoms with Crippen molar-refractivity contribution >= 4 is 11.6 Å². The molecule has 17 heavy (non-hydrogen) atoms. The first-order valence-corrected chi connectivity index (χ1v) is 6.63. The predicted octanol–water partition coefficient (Wildman–Crippen LogP) is 3.87. The fraction of sp³-hybridized carbons (Fsp3) is 0.571. The summed E-state index contributed by atoms with van der Waals surface area (Å²) in [6.45, 7) is 9.04. The van der Waals surface area contributed by atoms with E-state index in [1.54, 1.807) is 0 Å². The van der Waals surface area contributed by atoms with Crippen LogP contribution in [0.5, 0.6) is 5.75 Å². The highest BCUT2D eigenvalue weighted by atomic mass is 35.5. The minimum Gasteiger partial charge on any atom is -0.493 e. The number of ether oxygens (including phenoxy) is 1. The summed E-state index contributed by atoms with van der Waals surface area (Å²) in [5, 5.41) is 4.17. The summed E-state index contributed by atoms with van der Waals surface area (Å²) in [6.07, 6.45) is 1.02. The van der Waals surface area contributed by atoms with E-state index in [9.17, 15) is 0 Å². The van der Waals surface area contributed by atoms with Crippen molar-refractivity contribution in [1.82, 2.24) is 5.32 Å². The fourth-order valence-electron chi connectivity index (χ4n) is 1.53. The third kappa shape index (κ3) is 5.42. The minimum atomic E-state index is 0.647. The molecule has 0 saturated heterocycles. The van der Waals surface area contributed by atoms with Crippen LogP contribution in [0.1, 0.15) is 32.8 Å². The van der Waals surface area contributed by atoms with Crippen molar-refractivity contribution in [3.63, 3.8) is 0 Å². The highest BCUT2D eigenvalue weighted by molar-refractivity contribution is 6.30. The lowest BCUT2D eigenvalue weighted by Crippen LogP contribution is -2.19. The van der Waals surface area contributed by atoms with Gasteiger partial charge in [-0.2, -0.15) is 0 Å². The van der Waals surface area contributed by atoms with Gasteiger partial charge in [-0.1, -0.05) is 32.4 Å². The lowest BCUT2D eigenvalue weighted by molar-refractivity contribution is 0.313. The van der Waals surface area contributed by atoms with Crippen LogP contribution in [0.3, 0.4) is 0 Å². The summed E-state index contributed by atoms with van der Waals surface area (Å²) in [7, 11) is 0. The smallest absolute Gasteiger partial charge is 0.123 e. The van der Waals surface area contributed by atoms with Crippen molar-refractivity contribution in [3.8, 4) is 5.75 Å². The Morgan fingerprint density at radius 3 is 2.76 bits per heavy atom. The summed E-state index contributed by atoms with van der Waals surface area (Å²) in [6, 6.07) is 5.79. The van der Waals surface area contributed by atoms with Gasteiger partial charge < -0.3 is 10.1 Å². The molecular weight excluding hydrogens is 234 g/mol. The minimum absolute atomic E-state index is 0.647. The van der Waals surface area contributed by atoms with Gasteiger partial charge in [-0.3, -0.25) is 0 Å². The molecule has 0 unspecified atom stereocenters. The number of hydrogen-bond acceptors (Lipinski definition) is 2. The third-order valence-corrected chi connectivity index (χ3v) is 2.59. The zero-order valence-corrected chi connectivity index (χ0v) is 11.7. The quantitative estimate of drug-likeness (QED) is 0.799. The highest BCUT2D eigenvalue weighted by Gasteiger charge is 2.04. The summed E-state index contributed by atoms with van der Waals surface area (Å²) >= 11 is 6.01. The first-order chi connectivity index (χ1) is 8.13. The van der Waals surface area contributed by atoms with Crippen LogP contribution in [0, 0.1) is 5.92 Å². The molecule has 1 rings (SSSR count). The van der Waals surface area contributed by atoms with E-state index in [1.807, 2.05) is 18.2 Å². The van der Waals surface area contributed by atoms with Gasteiger partial charge in [0.1, 0.15) is 5.75 Å². The van der Waals surface area contributed by atoms with E-state index in [1.165, 1.54) is 0 Å².